The van der Waals surface area contributed by atoms with Gasteiger partial charge >= 0.3 is 0 Å². The molecule has 0 aromatic carbocycles. The topological polar surface area (TPSA) is 45.2 Å². The minimum Gasteiger partial charge on any atom is -0.349 e. The second-order valence-electron chi connectivity index (χ2n) is 4.48. The fourth-order valence-corrected chi connectivity index (χ4v) is 2.38. The lowest BCUT2D eigenvalue weighted by Crippen LogP contribution is -2.40. The van der Waals surface area contributed by atoms with Crippen LogP contribution in [0.4, 0.5) is 4.39 Å². The average Bonchev–Trinajstić information content (AvgIpc) is 2.83. The quantitative estimate of drug-likeness (QED) is 0.823. The van der Waals surface area contributed by atoms with Gasteiger partial charge in [0.05, 0.1) is 0 Å². The van der Waals surface area contributed by atoms with Gasteiger partial charge in [0.1, 0.15) is 5.69 Å². The molecule has 1 saturated heterocycles. The molecule has 1 aliphatic rings. The van der Waals surface area contributed by atoms with Crippen LogP contribution in [0.3, 0.4) is 0 Å². The number of halogens is 1. The van der Waals surface area contributed by atoms with E-state index in [1.807, 2.05) is 0 Å². The van der Waals surface area contributed by atoms with Crippen molar-refractivity contribution >= 4 is 5.91 Å². The molecule has 0 radical (unpaired) electrons. The Bertz CT molecular complexity index is 424. The van der Waals surface area contributed by atoms with E-state index in [0.717, 1.165) is 19.5 Å². The fourth-order valence-electron chi connectivity index (χ4n) is 2.38. The van der Waals surface area contributed by atoms with Crippen molar-refractivity contribution in [1.29, 1.82) is 0 Å². The summed E-state index contributed by atoms with van der Waals surface area (Å²) in [5.41, 5.74) is 0.135. The summed E-state index contributed by atoms with van der Waals surface area (Å²) in [5.74, 6) is -0.934. The van der Waals surface area contributed by atoms with Crippen molar-refractivity contribution in [3.8, 4) is 0 Å². The standard InChI is InChI=1S/C13H18FN3O/c1-2-17-8-4-5-10(17)9-15-13(18)11-6-3-7-12(14)16-11/h3,6-7,10H,2,4-5,8-9H2,1H3,(H,15,18). The Morgan fingerprint density at radius 3 is 3.17 bits per heavy atom. The number of likely N-dealkylation sites (tertiary alicyclic amines) is 1. The molecule has 0 spiro atoms. The van der Waals surface area contributed by atoms with E-state index in [-0.39, 0.29) is 11.6 Å². The Labute approximate surface area is 106 Å². The number of hydrogen-bond donors (Lipinski definition) is 1. The molecule has 1 amide bonds. The van der Waals surface area contributed by atoms with Gasteiger partial charge in [-0.05, 0) is 38.1 Å². The molecular formula is C13H18FN3O. The van der Waals surface area contributed by atoms with Crippen molar-refractivity contribution in [2.75, 3.05) is 19.6 Å². The van der Waals surface area contributed by atoms with Gasteiger partial charge in [0, 0.05) is 12.6 Å². The average molecular weight is 251 g/mol. The molecule has 1 unspecified atom stereocenters. The van der Waals surface area contributed by atoms with Gasteiger partial charge in [-0.3, -0.25) is 9.69 Å². The van der Waals surface area contributed by atoms with Crippen LogP contribution in [0.1, 0.15) is 30.3 Å². The maximum atomic E-state index is 12.9. The second kappa shape index (κ2) is 5.91. The summed E-state index contributed by atoms with van der Waals surface area (Å²) in [6.07, 6.45) is 2.28. The molecule has 1 aromatic rings. The van der Waals surface area contributed by atoms with Gasteiger partial charge in [0.2, 0.25) is 5.95 Å². The van der Waals surface area contributed by atoms with E-state index in [4.69, 9.17) is 0 Å². The van der Waals surface area contributed by atoms with E-state index in [9.17, 15) is 9.18 Å². The summed E-state index contributed by atoms with van der Waals surface area (Å²) in [6.45, 7) is 4.81. The van der Waals surface area contributed by atoms with Crippen LogP contribution in [0.25, 0.3) is 0 Å². The molecule has 1 N–H and O–H groups in total. The van der Waals surface area contributed by atoms with Gasteiger partial charge in [0.25, 0.3) is 5.91 Å². The van der Waals surface area contributed by atoms with Gasteiger partial charge in [-0.15, -0.1) is 0 Å². The number of carbonyl (C=O) groups is 1. The summed E-state index contributed by atoms with van der Waals surface area (Å²) in [6, 6.07) is 4.63. The van der Waals surface area contributed by atoms with E-state index >= 15 is 0 Å². The van der Waals surface area contributed by atoms with Gasteiger partial charge < -0.3 is 5.32 Å². The van der Waals surface area contributed by atoms with Crippen molar-refractivity contribution in [2.45, 2.75) is 25.8 Å². The van der Waals surface area contributed by atoms with Crippen molar-refractivity contribution in [3.63, 3.8) is 0 Å². The highest BCUT2D eigenvalue weighted by Crippen LogP contribution is 2.15. The number of rotatable bonds is 4. The number of carbonyl (C=O) groups excluding carboxylic acids is 1. The van der Waals surface area contributed by atoms with Crippen LogP contribution in [0.2, 0.25) is 0 Å². The molecular weight excluding hydrogens is 233 g/mol. The lowest BCUT2D eigenvalue weighted by Gasteiger charge is -2.22. The molecule has 0 aliphatic carbocycles. The highest BCUT2D eigenvalue weighted by Gasteiger charge is 2.23. The first-order chi connectivity index (χ1) is 8.70. The Morgan fingerprint density at radius 2 is 2.44 bits per heavy atom. The minimum atomic E-state index is -0.626. The minimum absolute atomic E-state index is 0.135. The molecule has 1 fully saturated rings. The van der Waals surface area contributed by atoms with Gasteiger partial charge in [-0.25, -0.2) is 4.98 Å². The summed E-state index contributed by atoms with van der Waals surface area (Å²) in [5, 5.41) is 2.82. The molecule has 98 valence electrons. The van der Waals surface area contributed by atoms with Crippen molar-refractivity contribution in [2.24, 2.45) is 0 Å². The summed E-state index contributed by atoms with van der Waals surface area (Å²) < 4.78 is 12.9. The zero-order valence-electron chi connectivity index (χ0n) is 10.5. The Morgan fingerprint density at radius 1 is 1.61 bits per heavy atom. The number of likely N-dealkylation sites (N-methyl/N-ethyl adjacent to an activating group) is 1. The second-order valence-corrected chi connectivity index (χ2v) is 4.48. The lowest BCUT2D eigenvalue weighted by molar-refractivity contribution is 0.0935. The number of nitrogens with zero attached hydrogens (tertiary/aromatic N) is 2. The van der Waals surface area contributed by atoms with Crippen LogP contribution in [0, 0.1) is 5.95 Å². The van der Waals surface area contributed by atoms with E-state index in [0.29, 0.717) is 12.6 Å². The van der Waals surface area contributed by atoms with Crippen LogP contribution in [0.5, 0.6) is 0 Å². The summed E-state index contributed by atoms with van der Waals surface area (Å²) in [7, 11) is 0. The third kappa shape index (κ3) is 3.04. The first kappa shape index (κ1) is 13.0. The largest absolute Gasteiger partial charge is 0.349 e. The fraction of sp³-hybridized carbons (Fsp3) is 0.538. The highest BCUT2D eigenvalue weighted by atomic mass is 19.1. The molecule has 0 bridgehead atoms. The first-order valence-corrected chi connectivity index (χ1v) is 6.35. The van der Waals surface area contributed by atoms with Crippen LogP contribution < -0.4 is 5.32 Å². The predicted octanol–water partition coefficient (Wildman–Crippen LogP) is 1.43. The van der Waals surface area contributed by atoms with E-state index in [1.54, 1.807) is 0 Å². The van der Waals surface area contributed by atoms with Gasteiger partial charge in [-0.1, -0.05) is 13.0 Å². The monoisotopic (exact) mass is 251 g/mol. The zero-order valence-corrected chi connectivity index (χ0v) is 10.5. The molecule has 18 heavy (non-hydrogen) atoms. The van der Waals surface area contributed by atoms with Crippen molar-refractivity contribution in [3.05, 3.63) is 29.8 Å². The van der Waals surface area contributed by atoms with Gasteiger partial charge in [-0.2, -0.15) is 4.39 Å². The van der Waals surface area contributed by atoms with E-state index in [2.05, 4.69) is 22.1 Å². The maximum Gasteiger partial charge on any atom is 0.270 e. The molecule has 0 saturated carbocycles. The summed E-state index contributed by atoms with van der Waals surface area (Å²) >= 11 is 0. The molecule has 1 aromatic heterocycles. The van der Waals surface area contributed by atoms with Crippen LogP contribution in [-0.2, 0) is 0 Å². The molecule has 5 heteroatoms. The Kier molecular flexibility index (Phi) is 4.25. The third-order valence-electron chi connectivity index (χ3n) is 3.35. The number of pyridine rings is 1. The van der Waals surface area contributed by atoms with E-state index < -0.39 is 5.95 Å². The van der Waals surface area contributed by atoms with Crippen LogP contribution >= 0.6 is 0 Å². The highest BCUT2D eigenvalue weighted by molar-refractivity contribution is 5.92. The maximum absolute atomic E-state index is 12.9. The number of hydrogen-bond acceptors (Lipinski definition) is 3. The number of aromatic nitrogens is 1. The third-order valence-corrected chi connectivity index (χ3v) is 3.35. The molecule has 1 aliphatic heterocycles. The number of nitrogens with one attached hydrogen (secondary N) is 1. The van der Waals surface area contributed by atoms with Gasteiger partial charge in [0.15, 0.2) is 0 Å². The normalized spacial score (nSPS) is 20.0. The Hall–Kier alpha value is -1.49. The lowest BCUT2D eigenvalue weighted by atomic mass is 10.2. The van der Waals surface area contributed by atoms with Crippen LogP contribution in [-0.4, -0.2) is 41.5 Å². The zero-order chi connectivity index (χ0) is 13.0. The van der Waals surface area contributed by atoms with Crippen molar-refractivity contribution < 1.29 is 9.18 Å². The molecule has 4 nitrogen and oxygen atoms in total. The first-order valence-electron chi connectivity index (χ1n) is 6.35. The molecule has 1 atom stereocenters. The van der Waals surface area contributed by atoms with Crippen LogP contribution in [0.15, 0.2) is 18.2 Å². The van der Waals surface area contributed by atoms with Crippen molar-refractivity contribution in [1.82, 2.24) is 15.2 Å². The van der Waals surface area contributed by atoms with E-state index in [1.165, 1.54) is 24.6 Å². The Balaban J connectivity index is 1.88. The molecule has 2 rings (SSSR count). The molecule has 2 heterocycles. The summed E-state index contributed by atoms with van der Waals surface area (Å²) in [4.78, 5) is 17.7. The SMILES string of the molecule is CCN1CCCC1CNC(=O)c1cccc(F)n1. The smallest absolute Gasteiger partial charge is 0.270 e. The number of amides is 1. The predicted molar refractivity (Wildman–Crippen MR) is 66.8 cm³/mol.